The number of fused-ring (bicyclic) bond motifs is 1. The Bertz CT molecular complexity index is 797. The van der Waals surface area contributed by atoms with Gasteiger partial charge in [-0.25, -0.2) is 0 Å². The van der Waals surface area contributed by atoms with Gasteiger partial charge in [-0.2, -0.15) is 9.61 Å². The zero-order valence-electron chi connectivity index (χ0n) is 11.0. The molecule has 7 heteroatoms. The summed E-state index contributed by atoms with van der Waals surface area (Å²) in [5.74, 6) is 0.758. The van der Waals surface area contributed by atoms with Gasteiger partial charge in [0.15, 0.2) is 5.01 Å². The van der Waals surface area contributed by atoms with E-state index in [2.05, 4.69) is 15.3 Å². The van der Waals surface area contributed by atoms with Crippen molar-refractivity contribution in [3.8, 4) is 5.75 Å². The molecule has 0 fully saturated rings. The molecule has 0 amide bonds. The van der Waals surface area contributed by atoms with Crippen LogP contribution in [-0.2, 0) is 0 Å². The Hall–Kier alpha value is -2.28. The van der Waals surface area contributed by atoms with Gasteiger partial charge in [0.25, 0.3) is 5.56 Å². The van der Waals surface area contributed by atoms with E-state index in [-0.39, 0.29) is 11.7 Å². The van der Waals surface area contributed by atoms with Crippen LogP contribution in [0, 0.1) is 6.92 Å². The molecule has 0 N–H and O–H groups in total. The molecule has 1 aromatic carbocycles. The topological polar surface area (TPSA) is 69.4 Å². The maximum atomic E-state index is 11.9. The van der Waals surface area contributed by atoms with Gasteiger partial charge in [0.2, 0.25) is 4.96 Å². The van der Waals surface area contributed by atoms with Gasteiger partial charge in [0.05, 0.1) is 0 Å². The summed E-state index contributed by atoms with van der Waals surface area (Å²) in [6.45, 7) is 3.50. The minimum atomic E-state index is -0.260. The number of para-hydroxylation sites is 1. The summed E-state index contributed by atoms with van der Waals surface area (Å²) in [7, 11) is 0. The number of hydrogen-bond donors (Lipinski definition) is 0. The van der Waals surface area contributed by atoms with E-state index in [1.165, 1.54) is 15.9 Å². The third-order valence-electron chi connectivity index (χ3n) is 2.77. The molecular formula is C13H12N4O2S. The molecule has 2 aromatic heterocycles. The normalized spacial score (nSPS) is 12.5. The molecule has 0 spiro atoms. The molecule has 3 rings (SSSR count). The second-order valence-electron chi connectivity index (χ2n) is 4.30. The first-order chi connectivity index (χ1) is 9.65. The largest absolute Gasteiger partial charge is 0.483 e. The van der Waals surface area contributed by atoms with Crippen LogP contribution in [0.2, 0.25) is 0 Å². The van der Waals surface area contributed by atoms with Crippen LogP contribution in [0.4, 0.5) is 0 Å². The second-order valence-corrected chi connectivity index (χ2v) is 5.29. The van der Waals surface area contributed by atoms with Crippen molar-refractivity contribution in [3.63, 3.8) is 0 Å². The highest BCUT2D eigenvalue weighted by molar-refractivity contribution is 7.16. The number of hydrogen-bond acceptors (Lipinski definition) is 6. The minimum absolute atomic E-state index is 0.246. The highest BCUT2D eigenvalue weighted by Gasteiger charge is 2.16. The Labute approximate surface area is 118 Å². The average Bonchev–Trinajstić information content (AvgIpc) is 2.89. The Balaban J connectivity index is 1.94. The van der Waals surface area contributed by atoms with E-state index >= 15 is 0 Å². The van der Waals surface area contributed by atoms with Crippen LogP contribution in [0.25, 0.3) is 4.96 Å². The van der Waals surface area contributed by atoms with E-state index in [1.54, 1.807) is 6.92 Å². The van der Waals surface area contributed by atoms with Crippen LogP contribution >= 0.6 is 11.3 Å². The van der Waals surface area contributed by atoms with Crippen molar-refractivity contribution < 1.29 is 4.74 Å². The maximum absolute atomic E-state index is 11.9. The highest BCUT2D eigenvalue weighted by atomic mass is 32.1. The lowest BCUT2D eigenvalue weighted by Gasteiger charge is -2.10. The molecule has 0 aliphatic rings. The lowest BCUT2D eigenvalue weighted by molar-refractivity contribution is 0.225. The Kier molecular flexibility index (Phi) is 3.19. The van der Waals surface area contributed by atoms with Gasteiger partial charge in [-0.3, -0.25) is 4.79 Å². The molecule has 102 valence electrons. The molecule has 0 unspecified atom stereocenters. The average molecular weight is 288 g/mol. The van der Waals surface area contributed by atoms with Crippen molar-refractivity contribution in [2.24, 2.45) is 0 Å². The first kappa shape index (κ1) is 12.7. The number of nitrogens with zero attached hydrogens (tertiary/aromatic N) is 4. The lowest BCUT2D eigenvalue weighted by atomic mass is 10.3. The molecule has 0 radical (unpaired) electrons. The zero-order valence-corrected chi connectivity index (χ0v) is 11.8. The van der Waals surface area contributed by atoms with Gasteiger partial charge in [0.1, 0.15) is 17.5 Å². The van der Waals surface area contributed by atoms with Crippen LogP contribution < -0.4 is 10.3 Å². The summed E-state index contributed by atoms with van der Waals surface area (Å²) in [5.41, 5.74) is 0.0837. The molecule has 20 heavy (non-hydrogen) atoms. The van der Waals surface area contributed by atoms with E-state index in [9.17, 15) is 4.79 Å². The summed E-state index contributed by atoms with van der Waals surface area (Å²) in [6, 6.07) is 9.48. The van der Waals surface area contributed by atoms with E-state index in [0.29, 0.717) is 15.7 Å². The fourth-order valence-corrected chi connectivity index (χ4v) is 2.54. The molecule has 0 bridgehead atoms. The third kappa shape index (κ3) is 2.27. The maximum Gasteiger partial charge on any atom is 0.296 e. The van der Waals surface area contributed by atoms with Gasteiger partial charge in [-0.15, -0.1) is 10.2 Å². The summed E-state index contributed by atoms with van der Waals surface area (Å²) < 4.78 is 7.06. The number of benzene rings is 1. The lowest BCUT2D eigenvalue weighted by Crippen LogP contribution is -2.19. The van der Waals surface area contributed by atoms with Crippen molar-refractivity contribution in [2.45, 2.75) is 20.0 Å². The van der Waals surface area contributed by atoms with Crippen molar-refractivity contribution >= 4 is 16.3 Å². The molecule has 2 heterocycles. The van der Waals surface area contributed by atoms with Gasteiger partial charge >= 0.3 is 0 Å². The number of aromatic nitrogens is 4. The number of rotatable bonds is 3. The first-order valence-electron chi connectivity index (χ1n) is 6.10. The summed E-state index contributed by atoms with van der Waals surface area (Å²) >= 11 is 1.30. The molecule has 3 aromatic rings. The summed E-state index contributed by atoms with van der Waals surface area (Å²) in [6.07, 6.45) is -0.260. The summed E-state index contributed by atoms with van der Waals surface area (Å²) in [5, 5.41) is 12.7. The van der Waals surface area contributed by atoms with Crippen molar-refractivity contribution in [3.05, 3.63) is 51.4 Å². The number of aryl methyl sites for hydroxylation is 1. The fraction of sp³-hybridized carbons (Fsp3) is 0.231. The van der Waals surface area contributed by atoms with Crippen LogP contribution in [0.15, 0.2) is 35.1 Å². The molecule has 1 atom stereocenters. The molecule has 0 saturated heterocycles. The second kappa shape index (κ2) is 5.01. The fourth-order valence-electron chi connectivity index (χ4n) is 1.73. The molecule has 6 nitrogen and oxygen atoms in total. The van der Waals surface area contributed by atoms with Crippen LogP contribution in [0.3, 0.4) is 0 Å². The molecular weight excluding hydrogens is 276 g/mol. The third-order valence-corrected chi connectivity index (χ3v) is 3.83. The quantitative estimate of drug-likeness (QED) is 0.737. The SMILES string of the molecule is Cc1nnc2sc([C@H](C)Oc3ccccc3)nn2c1=O. The molecule has 0 aliphatic heterocycles. The van der Waals surface area contributed by atoms with E-state index < -0.39 is 0 Å². The van der Waals surface area contributed by atoms with Crippen LogP contribution in [0.5, 0.6) is 5.75 Å². The Morgan fingerprint density at radius 2 is 2.00 bits per heavy atom. The molecule has 0 saturated carbocycles. The Morgan fingerprint density at radius 1 is 1.25 bits per heavy atom. The smallest absolute Gasteiger partial charge is 0.296 e. The van der Waals surface area contributed by atoms with Crippen molar-refractivity contribution in [1.82, 2.24) is 19.8 Å². The van der Waals surface area contributed by atoms with Gasteiger partial charge in [0, 0.05) is 0 Å². The van der Waals surface area contributed by atoms with Crippen molar-refractivity contribution in [2.75, 3.05) is 0 Å². The van der Waals surface area contributed by atoms with Crippen LogP contribution in [-0.4, -0.2) is 19.8 Å². The first-order valence-corrected chi connectivity index (χ1v) is 6.91. The van der Waals surface area contributed by atoms with E-state index in [4.69, 9.17) is 4.74 Å². The predicted molar refractivity (Wildman–Crippen MR) is 75.2 cm³/mol. The zero-order chi connectivity index (χ0) is 14.1. The van der Waals surface area contributed by atoms with Crippen molar-refractivity contribution in [1.29, 1.82) is 0 Å². The molecule has 0 aliphatic carbocycles. The van der Waals surface area contributed by atoms with Gasteiger partial charge < -0.3 is 4.74 Å². The minimum Gasteiger partial charge on any atom is -0.483 e. The van der Waals surface area contributed by atoms with E-state index in [1.807, 2.05) is 37.3 Å². The standard InChI is InChI=1S/C13H12N4O2S/c1-8-12(18)17-13(15-14-8)20-11(16-17)9(2)19-10-6-4-3-5-7-10/h3-7,9H,1-2H3/t9-/m0/s1. The monoisotopic (exact) mass is 288 g/mol. The Morgan fingerprint density at radius 3 is 2.75 bits per heavy atom. The highest BCUT2D eigenvalue weighted by Crippen LogP contribution is 2.24. The van der Waals surface area contributed by atoms with Gasteiger partial charge in [-0.1, -0.05) is 29.5 Å². The van der Waals surface area contributed by atoms with Crippen LogP contribution in [0.1, 0.15) is 23.7 Å². The van der Waals surface area contributed by atoms with Gasteiger partial charge in [-0.05, 0) is 26.0 Å². The summed E-state index contributed by atoms with van der Waals surface area (Å²) in [4.78, 5) is 12.4. The number of ether oxygens (including phenoxy) is 1. The van der Waals surface area contributed by atoms with E-state index in [0.717, 1.165) is 5.75 Å². The predicted octanol–water partition coefficient (Wildman–Crippen LogP) is 1.99.